The van der Waals surface area contributed by atoms with Gasteiger partial charge in [-0.2, -0.15) is 5.10 Å². The molecular formula is C12H18ClN3O3. The van der Waals surface area contributed by atoms with Gasteiger partial charge in [0.25, 0.3) is 0 Å². The zero-order valence-corrected chi connectivity index (χ0v) is 11.8. The number of hydrogen-bond donors (Lipinski definition) is 2. The fourth-order valence-corrected chi connectivity index (χ4v) is 2.73. The van der Waals surface area contributed by atoms with Crippen molar-refractivity contribution in [2.75, 3.05) is 6.54 Å². The smallest absolute Gasteiger partial charge is 0.321 e. The lowest BCUT2D eigenvalue weighted by Gasteiger charge is -2.35. The van der Waals surface area contributed by atoms with Crippen molar-refractivity contribution < 1.29 is 15.0 Å². The van der Waals surface area contributed by atoms with Crippen molar-refractivity contribution in [2.24, 2.45) is 7.05 Å². The van der Waals surface area contributed by atoms with E-state index in [1.165, 1.54) is 0 Å². The summed E-state index contributed by atoms with van der Waals surface area (Å²) in [6.07, 6.45) is 0.301. The van der Waals surface area contributed by atoms with Gasteiger partial charge in [-0.3, -0.25) is 14.4 Å². The van der Waals surface area contributed by atoms with Crippen molar-refractivity contribution in [3.05, 3.63) is 16.4 Å². The number of halogens is 1. The Morgan fingerprint density at radius 2 is 2.26 bits per heavy atom. The highest BCUT2D eigenvalue weighted by atomic mass is 35.5. The van der Waals surface area contributed by atoms with Crippen LogP contribution in [0.1, 0.15) is 24.1 Å². The Labute approximate surface area is 116 Å². The van der Waals surface area contributed by atoms with E-state index in [4.69, 9.17) is 11.6 Å². The van der Waals surface area contributed by atoms with E-state index in [9.17, 15) is 15.0 Å². The van der Waals surface area contributed by atoms with Crippen molar-refractivity contribution in [2.45, 2.75) is 38.5 Å². The number of aliphatic hydroxyl groups is 1. The van der Waals surface area contributed by atoms with Crippen LogP contribution in [0.5, 0.6) is 0 Å². The number of aliphatic hydroxyl groups excluding tert-OH is 1. The number of piperidine rings is 1. The molecule has 19 heavy (non-hydrogen) atoms. The van der Waals surface area contributed by atoms with Gasteiger partial charge in [0.1, 0.15) is 11.2 Å². The number of aliphatic carboxylic acids is 1. The molecule has 1 fully saturated rings. The number of aromatic nitrogens is 2. The Morgan fingerprint density at radius 3 is 2.79 bits per heavy atom. The summed E-state index contributed by atoms with van der Waals surface area (Å²) < 4.78 is 1.58. The fraction of sp³-hybridized carbons (Fsp3) is 0.667. The van der Waals surface area contributed by atoms with Crippen LogP contribution in [0.2, 0.25) is 5.15 Å². The molecule has 1 saturated heterocycles. The number of rotatable bonds is 3. The molecule has 1 aromatic rings. The van der Waals surface area contributed by atoms with Gasteiger partial charge < -0.3 is 10.2 Å². The Kier molecular flexibility index (Phi) is 4.13. The number of nitrogens with zero attached hydrogens (tertiary/aromatic N) is 3. The first-order chi connectivity index (χ1) is 8.90. The maximum Gasteiger partial charge on any atom is 0.321 e. The molecule has 6 nitrogen and oxygen atoms in total. The number of aryl methyl sites for hydroxylation is 2. The lowest BCUT2D eigenvalue weighted by Crippen LogP contribution is -2.48. The summed E-state index contributed by atoms with van der Waals surface area (Å²) in [6.45, 7) is 2.85. The summed E-state index contributed by atoms with van der Waals surface area (Å²) >= 11 is 6.17. The number of hydrogen-bond acceptors (Lipinski definition) is 4. The highest BCUT2D eigenvalue weighted by Crippen LogP contribution is 2.25. The number of carboxylic acid groups (broad SMARTS) is 1. The van der Waals surface area contributed by atoms with E-state index in [1.54, 1.807) is 11.7 Å². The maximum absolute atomic E-state index is 11.3. The van der Waals surface area contributed by atoms with Gasteiger partial charge in [0, 0.05) is 25.7 Å². The average Bonchev–Trinajstić information content (AvgIpc) is 2.57. The predicted octanol–water partition coefficient (Wildman–Crippen LogP) is 0.792. The topological polar surface area (TPSA) is 78.6 Å². The molecule has 0 unspecified atom stereocenters. The van der Waals surface area contributed by atoms with Crippen molar-refractivity contribution >= 4 is 17.6 Å². The van der Waals surface area contributed by atoms with E-state index >= 15 is 0 Å². The molecule has 2 N–H and O–H groups in total. The lowest BCUT2D eigenvalue weighted by molar-refractivity contribution is -0.147. The predicted molar refractivity (Wildman–Crippen MR) is 70.0 cm³/mol. The molecule has 1 aromatic heterocycles. The molecule has 0 aromatic carbocycles. The van der Waals surface area contributed by atoms with Crippen molar-refractivity contribution in [3.8, 4) is 0 Å². The maximum atomic E-state index is 11.3. The van der Waals surface area contributed by atoms with E-state index < -0.39 is 18.1 Å². The van der Waals surface area contributed by atoms with Gasteiger partial charge in [0.05, 0.1) is 11.8 Å². The zero-order chi connectivity index (χ0) is 14.2. The third-order valence-electron chi connectivity index (χ3n) is 3.60. The second kappa shape index (κ2) is 5.48. The number of likely N-dealkylation sites (tertiary alicyclic amines) is 1. The van der Waals surface area contributed by atoms with Gasteiger partial charge in [0.2, 0.25) is 0 Å². The number of carboxylic acids is 1. The normalized spacial score (nSPS) is 24.6. The first kappa shape index (κ1) is 14.3. The van der Waals surface area contributed by atoms with Gasteiger partial charge in [-0.25, -0.2) is 0 Å². The van der Waals surface area contributed by atoms with Crippen LogP contribution in [0, 0.1) is 6.92 Å². The van der Waals surface area contributed by atoms with Crippen LogP contribution in [0.4, 0.5) is 0 Å². The molecule has 2 rings (SSSR count). The lowest BCUT2D eigenvalue weighted by atomic mass is 9.99. The van der Waals surface area contributed by atoms with E-state index in [0.717, 1.165) is 11.3 Å². The molecule has 2 atom stereocenters. The minimum absolute atomic E-state index is 0.256. The molecule has 0 aliphatic carbocycles. The highest BCUT2D eigenvalue weighted by molar-refractivity contribution is 6.30. The fourth-order valence-electron chi connectivity index (χ4n) is 2.50. The Balaban J connectivity index is 2.19. The molecule has 0 saturated carbocycles. The molecule has 7 heteroatoms. The highest BCUT2D eigenvalue weighted by Gasteiger charge is 2.33. The van der Waals surface area contributed by atoms with Crippen LogP contribution in [0.25, 0.3) is 0 Å². The van der Waals surface area contributed by atoms with Gasteiger partial charge in [-0.1, -0.05) is 11.6 Å². The van der Waals surface area contributed by atoms with E-state index in [-0.39, 0.29) is 6.42 Å². The third-order valence-corrected chi connectivity index (χ3v) is 4.07. The van der Waals surface area contributed by atoms with Crippen LogP contribution in [0.3, 0.4) is 0 Å². The summed E-state index contributed by atoms with van der Waals surface area (Å²) in [5, 5.41) is 23.6. The molecule has 2 heterocycles. The molecular weight excluding hydrogens is 270 g/mol. The summed E-state index contributed by atoms with van der Waals surface area (Å²) in [5.74, 6) is -0.906. The molecule has 0 amide bonds. The van der Waals surface area contributed by atoms with Crippen LogP contribution in [0.15, 0.2) is 0 Å². The van der Waals surface area contributed by atoms with Crippen molar-refractivity contribution in [1.82, 2.24) is 14.7 Å². The summed E-state index contributed by atoms with van der Waals surface area (Å²) in [5.41, 5.74) is 1.66. The molecule has 0 bridgehead atoms. The minimum atomic E-state index is -0.906. The van der Waals surface area contributed by atoms with Gasteiger partial charge in [0.15, 0.2) is 0 Å². The summed E-state index contributed by atoms with van der Waals surface area (Å²) in [6, 6.07) is -0.667. The first-order valence-electron chi connectivity index (χ1n) is 6.23. The summed E-state index contributed by atoms with van der Waals surface area (Å²) in [4.78, 5) is 13.1. The largest absolute Gasteiger partial charge is 0.480 e. The average molecular weight is 288 g/mol. The molecule has 1 aliphatic rings. The molecule has 0 radical (unpaired) electrons. The Hall–Kier alpha value is -1.11. The van der Waals surface area contributed by atoms with Crippen LogP contribution < -0.4 is 0 Å². The van der Waals surface area contributed by atoms with Gasteiger partial charge >= 0.3 is 5.97 Å². The third kappa shape index (κ3) is 2.91. The minimum Gasteiger partial charge on any atom is -0.480 e. The second-order valence-corrected chi connectivity index (χ2v) is 5.34. The van der Waals surface area contributed by atoms with Crippen molar-refractivity contribution in [3.63, 3.8) is 0 Å². The van der Waals surface area contributed by atoms with Crippen molar-refractivity contribution in [1.29, 1.82) is 0 Å². The van der Waals surface area contributed by atoms with Crippen LogP contribution in [-0.2, 0) is 18.4 Å². The SMILES string of the molecule is Cc1nn(C)c(Cl)c1CN1CC[C@H](O)C[C@@H]1C(=O)O. The van der Waals surface area contributed by atoms with E-state index in [0.29, 0.717) is 24.7 Å². The quantitative estimate of drug-likeness (QED) is 0.859. The van der Waals surface area contributed by atoms with Crippen LogP contribution >= 0.6 is 11.6 Å². The monoisotopic (exact) mass is 287 g/mol. The Morgan fingerprint density at radius 1 is 1.58 bits per heavy atom. The zero-order valence-electron chi connectivity index (χ0n) is 11.0. The van der Waals surface area contributed by atoms with Crippen LogP contribution in [-0.4, -0.2) is 49.6 Å². The van der Waals surface area contributed by atoms with E-state index in [2.05, 4.69) is 5.10 Å². The first-order valence-corrected chi connectivity index (χ1v) is 6.60. The Bertz CT molecular complexity index is 489. The molecule has 0 spiro atoms. The second-order valence-electron chi connectivity index (χ2n) is 4.98. The summed E-state index contributed by atoms with van der Waals surface area (Å²) in [7, 11) is 1.76. The standard InChI is InChI=1S/C12H18ClN3O3/c1-7-9(11(13)15(2)14-7)6-16-4-3-8(17)5-10(16)12(18)19/h8,10,17H,3-6H2,1-2H3,(H,18,19)/t8-,10+/m0/s1. The van der Waals surface area contributed by atoms with Gasteiger partial charge in [-0.05, 0) is 19.8 Å². The molecule has 1 aliphatic heterocycles. The molecule has 106 valence electrons. The van der Waals surface area contributed by atoms with Gasteiger partial charge in [-0.15, -0.1) is 0 Å². The number of carbonyl (C=O) groups is 1. The van der Waals surface area contributed by atoms with E-state index in [1.807, 2.05) is 11.8 Å².